The van der Waals surface area contributed by atoms with Crippen molar-refractivity contribution in [3.8, 4) is 0 Å². The Morgan fingerprint density at radius 1 is 1.45 bits per heavy atom. The number of hydrogen-bond acceptors (Lipinski definition) is 4. The number of amides is 1. The molecule has 1 aromatic rings. The summed E-state index contributed by atoms with van der Waals surface area (Å²) in [5, 5.41) is 16.3. The lowest BCUT2D eigenvalue weighted by Gasteiger charge is -2.09. The van der Waals surface area contributed by atoms with Gasteiger partial charge in [0.25, 0.3) is 5.69 Å². The Morgan fingerprint density at radius 3 is 2.75 bits per heavy atom. The van der Waals surface area contributed by atoms with E-state index in [1.807, 2.05) is 6.92 Å². The molecule has 6 nitrogen and oxygen atoms in total. The second-order valence-corrected chi connectivity index (χ2v) is 4.77. The molecule has 2 N–H and O–H groups in total. The van der Waals surface area contributed by atoms with E-state index in [-0.39, 0.29) is 16.7 Å². The molecule has 20 heavy (non-hydrogen) atoms. The zero-order chi connectivity index (χ0) is 15.1. The van der Waals surface area contributed by atoms with Crippen LogP contribution in [0.4, 0.5) is 11.4 Å². The van der Waals surface area contributed by atoms with E-state index in [2.05, 4.69) is 10.6 Å². The van der Waals surface area contributed by atoms with Crippen molar-refractivity contribution in [1.29, 1.82) is 0 Å². The molecule has 1 amide bonds. The van der Waals surface area contributed by atoms with Crippen molar-refractivity contribution >= 4 is 34.6 Å². The summed E-state index contributed by atoms with van der Waals surface area (Å²) < 4.78 is 0. The van der Waals surface area contributed by atoms with E-state index in [4.69, 9.17) is 12.2 Å². The molecular weight excluding hydrogens is 278 g/mol. The number of hydrogen-bond donors (Lipinski definition) is 2. The first-order chi connectivity index (χ1) is 9.43. The molecule has 0 radical (unpaired) electrons. The summed E-state index contributed by atoms with van der Waals surface area (Å²) in [6, 6.07) is 4.69. The van der Waals surface area contributed by atoms with Gasteiger partial charge in [0.05, 0.1) is 4.92 Å². The summed E-state index contributed by atoms with van der Waals surface area (Å²) in [5.41, 5.74) is 1.05. The van der Waals surface area contributed by atoms with Crippen LogP contribution in [0.2, 0.25) is 0 Å². The molecule has 0 atom stereocenters. The normalized spacial score (nSPS) is 9.90. The first-order valence-corrected chi connectivity index (χ1v) is 6.70. The Kier molecular flexibility index (Phi) is 6.05. The summed E-state index contributed by atoms with van der Waals surface area (Å²) >= 11 is 4.99. The fourth-order valence-electron chi connectivity index (χ4n) is 1.57. The molecule has 108 valence electrons. The third kappa shape index (κ3) is 4.93. The smallest absolute Gasteiger partial charge is 0.274 e. The van der Waals surface area contributed by atoms with E-state index in [1.165, 1.54) is 6.07 Å². The van der Waals surface area contributed by atoms with Gasteiger partial charge < -0.3 is 10.6 Å². The molecule has 0 aliphatic rings. The van der Waals surface area contributed by atoms with Gasteiger partial charge in [-0.15, -0.1) is 0 Å². The molecule has 7 heteroatoms. The maximum Gasteiger partial charge on any atom is 0.274 e. The first-order valence-electron chi connectivity index (χ1n) is 6.30. The number of nitro benzene ring substituents is 1. The molecule has 1 aromatic carbocycles. The number of benzene rings is 1. The zero-order valence-electron chi connectivity index (χ0n) is 11.4. The fourth-order valence-corrected chi connectivity index (χ4v) is 1.80. The zero-order valence-corrected chi connectivity index (χ0v) is 12.3. The maximum absolute atomic E-state index is 11.5. The van der Waals surface area contributed by atoms with Gasteiger partial charge in [-0.3, -0.25) is 14.9 Å². The van der Waals surface area contributed by atoms with Crippen LogP contribution in [-0.2, 0) is 4.79 Å². The third-order valence-corrected chi connectivity index (χ3v) is 2.88. The van der Waals surface area contributed by atoms with Crippen LogP contribution >= 0.6 is 12.2 Å². The van der Waals surface area contributed by atoms with Gasteiger partial charge in [0.15, 0.2) is 5.11 Å². The molecule has 0 saturated carbocycles. The Labute approximate surface area is 122 Å². The molecule has 0 aliphatic carbocycles. The lowest BCUT2D eigenvalue weighted by Crippen LogP contribution is -2.33. The average Bonchev–Trinajstić information content (AvgIpc) is 2.38. The first kappa shape index (κ1) is 16.0. The molecule has 0 spiro atoms. The highest BCUT2D eigenvalue weighted by Gasteiger charge is 2.12. The largest absolute Gasteiger partial charge is 0.332 e. The van der Waals surface area contributed by atoms with Crippen molar-refractivity contribution in [1.82, 2.24) is 5.32 Å². The Bertz CT molecular complexity index is 532. The predicted octanol–water partition coefficient (Wildman–Crippen LogP) is 2.91. The number of rotatable bonds is 5. The average molecular weight is 295 g/mol. The Morgan fingerprint density at radius 2 is 2.15 bits per heavy atom. The lowest BCUT2D eigenvalue weighted by atomic mass is 10.2. The summed E-state index contributed by atoms with van der Waals surface area (Å²) in [7, 11) is 0. The van der Waals surface area contributed by atoms with Crippen LogP contribution in [0.5, 0.6) is 0 Å². The maximum atomic E-state index is 11.5. The fraction of sp³-hybridized carbons (Fsp3) is 0.385. The van der Waals surface area contributed by atoms with Gasteiger partial charge in [0.1, 0.15) is 0 Å². The summed E-state index contributed by atoms with van der Waals surface area (Å²) in [4.78, 5) is 21.9. The molecule has 0 heterocycles. The summed E-state index contributed by atoms with van der Waals surface area (Å²) in [6.45, 7) is 3.65. The van der Waals surface area contributed by atoms with E-state index >= 15 is 0 Å². The van der Waals surface area contributed by atoms with Crippen LogP contribution in [0.15, 0.2) is 18.2 Å². The van der Waals surface area contributed by atoms with Gasteiger partial charge in [0.2, 0.25) is 5.91 Å². The predicted molar refractivity (Wildman–Crippen MR) is 81.7 cm³/mol. The Balaban J connectivity index is 2.64. The van der Waals surface area contributed by atoms with Crippen LogP contribution < -0.4 is 10.6 Å². The van der Waals surface area contributed by atoms with Crippen molar-refractivity contribution in [2.45, 2.75) is 33.1 Å². The number of thiocarbonyl (C=S) groups is 1. The van der Waals surface area contributed by atoms with E-state index in [9.17, 15) is 14.9 Å². The van der Waals surface area contributed by atoms with Gasteiger partial charge in [-0.05, 0) is 31.6 Å². The molecule has 0 aromatic heterocycles. The molecular formula is C13H17N3O3S. The van der Waals surface area contributed by atoms with Crippen molar-refractivity contribution < 1.29 is 9.72 Å². The van der Waals surface area contributed by atoms with Gasteiger partial charge in [-0.25, -0.2) is 0 Å². The van der Waals surface area contributed by atoms with Gasteiger partial charge in [-0.1, -0.05) is 19.4 Å². The van der Waals surface area contributed by atoms with E-state index in [1.54, 1.807) is 19.1 Å². The van der Waals surface area contributed by atoms with Crippen LogP contribution in [-0.4, -0.2) is 15.9 Å². The van der Waals surface area contributed by atoms with E-state index < -0.39 is 4.92 Å². The highest BCUT2D eigenvalue weighted by molar-refractivity contribution is 7.80. The SMILES string of the molecule is CCCCC(=O)NC(=S)Nc1ccc(C)c([N+](=O)[O-])c1. The van der Waals surface area contributed by atoms with Crippen LogP contribution in [0.1, 0.15) is 31.7 Å². The minimum Gasteiger partial charge on any atom is -0.332 e. The summed E-state index contributed by atoms with van der Waals surface area (Å²) in [6.07, 6.45) is 2.13. The van der Waals surface area contributed by atoms with Gasteiger partial charge >= 0.3 is 0 Å². The lowest BCUT2D eigenvalue weighted by molar-refractivity contribution is -0.385. The molecule has 0 fully saturated rings. The standard InChI is InChI=1S/C13H17N3O3S/c1-3-4-5-12(17)15-13(20)14-10-7-6-9(2)11(8-10)16(18)19/h6-8H,3-5H2,1-2H3,(H2,14,15,17,20). The number of carbonyl (C=O) groups is 1. The van der Waals surface area contributed by atoms with Crippen molar-refractivity contribution in [3.05, 3.63) is 33.9 Å². The van der Waals surface area contributed by atoms with Crippen molar-refractivity contribution in [3.63, 3.8) is 0 Å². The van der Waals surface area contributed by atoms with Crippen LogP contribution in [0.3, 0.4) is 0 Å². The molecule has 0 bridgehead atoms. The number of unbranched alkanes of at least 4 members (excludes halogenated alkanes) is 1. The number of carbonyl (C=O) groups excluding carboxylic acids is 1. The second-order valence-electron chi connectivity index (χ2n) is 4.36. The van der Waals surface area contributed by atoms with Crippen LogP contribution in [0.25, 0.3) is 0 Å². The third-order valence-electron chi connectivity index (χ3n) is 2.67. The Hall–Kier alpha value is -2.02. The second kappa shape index (κ2) is 7.54. The topological polar surface area (TPSA) is 84.3 Å². The molecule has 0 aliphatic heterocycles. The van der Waals surface area contributed by atoms with E-state index in [0.29, 0.717) is 17.7 Å². The molecule has 1 rings (SSSR count). The van der Waals surface area contributed by atoms with Crippen LogP contribution in [0, 0.1) is 17.0 Å². The number of nitrogens with one attached hydrogen (secondary N) is 2. The van der Waals surface area contributed by atoms with Crippen molar-refractivity contribution in [2.24, 2.45) is 0 Å². The number of aryl methyl sites for hydroxylation is 1. The quantitative estimate of drug-likeness (QED) is 0.495. The van der Waals surface area contributed by atoms with E-state index in [0.717, 1.165) is 12.8 Å². The minimum atomic E-state index is -0.455. The van der Waals surface area contributed by atoms with Gasteiger partial charge in [-0.2, -0.15) is 0 Å². The summed E-state index contributed by atoms with van der Waals surface area (Å²) in [5.74, 6) is -0.161. The highest BCUT2D eigenvalue weighted by Crippen LogP contribution is 2.22. The minimum absolute atomic E-state index is 0.00936. The van der Waals surface area contributed by atoms with Crippen molar-refractivity contribution in [2.75, 3.05) is 5.32 Å². The highest BCUT2D eigenvalue weighted by atomic mass is 32.1. The number of nitrogens with zero attached hydrogens (tertiary/aromatic N) is 1. The monoisotopic (exact) mass is 295 g/mol. The van der Waals surface area contributed by atoms with Gasteiger partial charge in [0, 0.05) is 23.7 Å². The number of anilines is 1. The molecule has 0 saturated heterocycles. The number of nitro groups is 1. The molecule has 0 unspecified atom stereocenters.